The Morgan fingerprint density at radius 3 is 2.43 bits per heavy atom. The molecule has 1 aliphatic carbocycles. The van der Waals surface area contributed by atoms with E-state index in [0.717, 1.165) is 18.5 Å². The van der Waals surface area contributed by atoms with Crippen molar-refractivity contribution >= 4 is 0 Å². The van der Waals surface area contributed by atoms with Crippen LogP contribution in [0.25, 0.3) is 0 Å². The molecule has 0 spiro atoms. The molecule has 118 valence electrons. The van der Waals surface area contributed by atoms with Crippen molar-refractivity contribution in [3.8, 4) is 0 Å². The molecule has 1 saturated carbocycles. The zero-order valence-corrected chi connectivity index (χ0v) is 14.2. The molecule has 0 saturated heterocycles. The Hall–Kier alpha value is -0.820. The lowest BCUT2D eigenvalue weighted by Crippen LogP contribution is -2.25. The summed E-state index contributed by atoms with van der Waals surface area (Å²) in [6.45, 7) is 8.01. The third kappa shape index (κ3) is 5.82. The van der Waals surface area contributed by atoms with E-state index >= 15 is 0 Å². The van der Waals surface area contributed by atoms with E-state index in [0.29, 0.717) is 5.92 Å². The molecule has 1 heteroatoms. The summed E-state index contributed by atoms with van der Waals surface area (Å²) in [6, 6.07) is 10.1. The number of hydrogen-bond donors (Lipinski definition) is 1. The number of nitrogens with one attached hydrogen (secondary N) is 1. The second kappa shape index (κ2) is 8.58. The van der Waals surface area contributed by atoms with Gasteiger partial charge in [0, 0.05) is 12.6 Å². The van der Waals surface area contributed by atoms with E-state index in [-0.39, 0.29) is 0 Å². The monoisotopic (exact) mass is 287 g/mol. The standard InChI is InChI=1S/C20H33N/c1-4-6-7-17(5-2)14-19(15-21-20-12-13-20)18-10-8-16(3)9-11-18/h8-11,17,19-21H,4-7,12-15H2,1-3H3. The Kier molecular flexibility index (Phi) is 6.76. The van der Waals surface area contributed by atoms with Gasteiger partial charge in [-0.1, -0.05) is 69.4 Å². The van der Waals surface area contributed by atoms with Crippen LogP contribution in [0, 0.1) is 12.8 Å². The quantitative estimate of drug-likeness (QED) is 0.604. The molecule has 0 amide bonds. The van der Waals surface area contributed by atoms with Gasteiger partial charge in [-0.15, -0.1) is 0 Å². The molecule has 1 aromatic rings. The maximum Gasteiger partial charge on any atom is 0.00684 e. The fourth-order valence-electron chi connectivity index (χ4n) is 3.16. The van der Waals surface area contributed by atoms with E-state index in [1.807, 2.05) is 0 Å². The fourth-order valence-corrected chi connectivity index (χ4v) is 3.16. The molecule has 1 nitrogen and oxygen atoms in total. The minimum atomic E-state index is 0.688. The molecule has 1 aliphatic rings. The molecule has 0 aliphatic heterocycles. The van der Waals surface area contributed by atoms with Crippen molar-refractivity contribution in [2.75, 3.05) is 6.54 Å². The predicted molar refractivity (Wildman–Crippen MR) is 92.9 cm³/mol. The normalized spacial score (nSPS) is 17.7. The highest BCUT2D eigenvalue weighted by Crippen LogP contribution is 2.29. The van der Waals surface area contributed by atoms with Crippen molar-refractivity contribution in [1.82, 2.24) is 5.32 Å². The zero-order valence-electron chi connectivity index (χ0n) is 14.2. The minimum absolute atomic E-state index is 0.688. The average molecular weight is 287 g/mol. The summed E-state index contributed by atoms with van der Waals surface area (Å²) in [4.78, 5) is 0. The van der Waals surface area contributed by atoms with Gasteiger partial charge in [-0.2, -0.15) is 0 Å². The fraction of sp³-hybridized carbons (Fsp3) is 0.700. The molecule has 1 fully saturated rings. The number of unbranched alkanes of at least 4 members (excludes halogenated alkanes) is 1. The molecule has 0 aromatic heterocycles. The van der Waals surface area contributed by atoms with Gasteiger partial charge < -0.3 is 5.32 Å². The summed E-state index contributed by atoms with van der Waals surface area (Å²) in [5.74, 6) is 1.57. The Labute approximate surface area is 131 Å². The number of rotatable bonds is 10. The molecule has 2 unspecified atom stereocenters. The first-order chi connectivity index (χ1) is 10.2. The van der Waals surface area contributed by atoms with Gasteiger partial charge in [0.05, 0.1) is 0 Å². The van der Waals surface area contributed by atoms with Crippen LogP contribution in [0.4, 0.5) is 0 Å². The van der Waals surface area contributed by atoms with Gasteiger partial charge in [0.25, 0.3) is 0 Å². The van der Waals surface area contributed by atoms with Gasteiger partial charge in [0.15, 0.2) is 0 Å². The number of aryl methyl sites for hydroxylation is 1. The second-order valence-electron chi connectivity index (χ2n) is 6.94. The molecule has 1 N–H and O–H groups in total. The van der Waals surface area contributed by atoms with Crippen molar-refractivity contribution < 1.29 is 0 Å². The molecule has 0 bridgehead atoms. The summed E-state index contributed by atoms with van der Waals surface area (Å²) >= 11 is 0. The molecule has 21 heavy (non-hydrogen) atoms. The van der Waals surface area contributed by atoms with Crippen LogP contribution in [0.5, 0.6) is 0 Å². The lowest BCUT2D eigenvalue weighted by atomic mass is 9.84. The average Bonchev–Trinajstić information content (AvgIpc) is 3.32. The van der Waals surface area contributed by atoms with Crippen molar-refractivity contribution in [1.29, 1.82) is 0 Å². The Morgan fingerprint density at radius 1 is 1.14 bits per heavy atom. The molecule has 0 heterocycles. The first-order valence-corrected chi connectivity index (χ1v) is 9.02. The van der Waals surface area contributed by atoms with Crippen molar-refractivity contribution in [2.45, 2.75) is 77.7 Å². The number of benzene rings is 1. The smallest absolute Gasteiger partial charge is 0.00684 e. The highest BCUT2D eigenvalue weighted by molar-refractivity contribution is 5.25. The summed E-state index contributed by atoms with van der Waals surface area (Å²) < 4.78 is 0. The van der Waals surface area contributed by atoms with Crippen LogP contribution in [-0.2, 0) is 0 Å². The summed E-state index contributed by atoms with van der Waals surface area (Å²) in [7, 11) is 0. The summed E-state index contributed by atoms with van der Waals surface area (Å²) in [6.07, 6.45) is 9.55. The van der Waals surface area contributed by atoms with Gasteiger partial charge in [0.2, 0.25) is 0 Å². The topological polar surface area (TPSA) is 12.0 Å². The highest BCUT2D eigenvalue weighted by atomic mass is 14.9. The van der Waals surface area contributed by atoms with E-state index in [1.54, 1.807) is 0 Å². The second-order valence-corrected chi connectivity index (χ2v) is 6.94. The molecule has 2 rings (SSSR count). The van der Waals surface area contributed by atoms with Crippen LogP contribution >= 0.6 is 0 Å². The first kappa shape index (κ1) is 16.5. The third-order valence-corrected chi connectivity index (χ3v) is 4.94. The van der Waals surface area contributed by atoms with Gasteiger partial charge in [-0.3, -0.25) is 0 Å². The Morgan fingerprint density at radius 2 is 1.86 bits per heavy atom. The third-order valence-electron chi connectivity index (χ3n) is 4.94. The molecule has 1 aromatic carbocycles. The van der Waals surface area contributed by atoms with Crippen LogP contribution in [0.2, 0.25) is 0 Å². The first-order valence-electron chi connectivity index (χ1n) is 9.02. The van der Waals surface area contributed by atoms with Crippen molar-refractivity contribution in [3.63, 3.8) is 0 Å². The SMILES string of the molecule is CCCCC(CC)CC(CNC1CC1)c1ccc(C)cc1. The Balaban J connectivity index is 1.97. The van der Waals surface area contributed by atoms with Gasteiger partial charge in [-0.25, -0.2) is 0 Å². The summed E-state index contributed by atoms with van der Waals surface area (Å²) in [5, 5.41) is 3.76. The van der Waals surface area contributed by atoms with Gasteiger partial charge in [-0.05, 0) is 43.6 Å². The van der Waals surface area contributed by atoms with Gasteiger partial charge >= 0.3 is 0 Å². The zero-order chi connectivity index (χ0) is 15.1. The number of hydrogen-bond acceptors (Lipinski definition) is 1. The van der Waals surface area contributed by atoms with E-state index in [1.165, 1.54) is 56.1 Å². The summed E-state index contributed by atoms with van der Waals surface area (Å²) in [5.41, 5.74) is 2.90. The van der Waals surface area contributed by atoms with E-state index < -0.39 is 0 Å². The maximum absolute atomic E-state index is 3.76. The molecule has 2 atom stereocenters. The van der Waals surface area contributed by atoms with Crippen LogP contribution < -0.4 is 5.32 Å². The lowest BCUT2D eigenvalue weighted by Gasteiger charge is -2.24. The minimum Gasteiger partial charge on any atom is -0.313 e. The van der Waals surface area contributed by atoms with Crippen LogP contribution in [0.15, 0.2) is 24.3 Å². The predicted octanol–water partition coefficient (Wildman–Crippen LogP) is 5.44. The van der Waals surface area contributed by atoms with Crippen molar-refractivity contribution in [3.05, 3.63) is 35.4 Å². The van der Waals surface area contributed by atoms with E-state index in [4.69, 9.17) is 0 Å². The molecular formula is C20H33N. The maximum atomic E-state index is 3.76. The molecular weight excluding hydrogens is 254 g/mol. The van der Waals surface area contributed by atoms with Crippen LogP contribution in [-0.4, -0.2) is 12.6 Å². The van der Waals surface area contributed by atoms with Crippen LogP contribution in [0.1, 0.15) is 75.8 Å². The van der Waals surface area contributed by atoms with E-state index in [2.05, 4.69) is 50.4 Å². The largest absolute Gasteiger partial charge is 0.313 e. The van der Waals surface area contributed by atoms with Gasteiger partial charge in [0.1, 0.15) is 0 Å². The molecule has 0 radical (unpaired) electrons. The highest BCUT2D eigenvalue weighted by Gasteiger charge is 2.23. The van der Waals surface area contributed by atoms with E-state index in [9.17, 15) is 0 Å². The van der Waals surface area contributed by atoms with Crippen molar-refractivity contribution in [2.24, 2.45) is 5.92 Å². The Bertz CT molecular complexity index is 391. The lowest BCUT2D eigenvalue weighted by molar-refractivity contribution is 0.375. The van der Waals surface area contributed by atoms with Crippen LogP contribution in [0.3, 0.4) is 0 Å².